The molecule has 0 fully saturated rings. The van der Waals surface area contributed by atoms with Crippen LogP contribution >= 0.6 is 0 Å². The lowest BCUT2D eigenvalue weighted by molar-refractivity contribution is -0.140. The number of halogens is 3. The lowest BCUT2D eigenvalue weighted by Crippen LogP contribution is -2.05. The molecule has 120 valence electrons. The van der Waals surface area contributed by atoms with Crippen molar-refractivity contribution in [1.29, 1.82) is 5.26 Å². The van der Waals surface area contributed by atoms with Crippen molar-refractivity contribution in [1.82, 2.24) is 9.55 Å². The second-order valence-corrected chi connectivity index (χ2v) is 5.34. The van der Waals surface area contributed by atoms with Crippen LogP contribution in [0.4, 0.5) is 13.2 Å². The van der Waals surface area contributed by atoms with Gasteiger partial charge < -0.3 is 0 Å². The van der Waals surface area contributed by atoms with Gasteiger partial charge in [0, 0.05) is 17.4 Å². The van der Waals surface area contributed by atoms with E-state index in [2.05, 4.69) is 4.98 Å². The first-order valence-electron chi connectivity index (χ1n) is 7.12. The highest BCUT2D eigenvalue weighted by Crippen LogP contribution is 2.32. The summed E-state index contributed by atoms with van der Waals surface area (Å²) in [6.07, 6.45) is -3.56. The van der Waals surface area contributed by atoms with Crippen LogP contribution in [-0.4, -0.2) is 9.55 Å². The molecule has 0 unspecified atom stereocenters. The van der Waals surface area contributed by atoms with Crippen LogP contribution < -0.4 is 0 Å². The minimum absolute atomic E-state index is 0.201. The maximum atomic E-state index is 13.1. The first-order chi connectivity index (χ1) is 11.4. The van der Waals surface area contributed by atoms with Crippen LogP contribution in [0, 0.1) is 18.3 Å². The Hall–Kier alpha value is -3.07. The van der Waals surface area contributed by atoms with Gasteiger partial charge in [-0.25, -0.2) is 4.98 Å². The van der Waals surface area contributed by atoms with Gasteiger partial charge in [-0.2, -0.15) is 18.4 Å². The van der Waals surface area contributed by atoms with E-state index in [9.17, 15) is 13.2 Å². The summed E-state index contributed by atoms with van der Waals surface area (Å²) in [6, 6.07) is 15.4. The maximum absolute atomic E-state index is 13.1. The molecule has 1 heterocycles. The molecule has 0 aliphatic heterocycles. The van der Waals surface area contributed by atoms with E-state index in [1.54, 1.807) is 36.4 Å². The minimum atomic E-state index is -4.53. The fraction of sp³-hybridized carbons (Fsp3) is 0.111. The molecule has 3 rings (SSSR count). The summed E-state index contributed by atoms with van der Waals surface area (Å²) < 4.78 is 40.6. The molecule has 0 N–H and O–H groups in total. The van der Waals surface area contributed by atoms with Crippen molar-refractivity contribution >= 4 is 0 Å². The van der Waals surface area contributed by atoms with Crippen molar-refractivity contribution in [2.75, 3.05) is 0 Å². The molecule has 0 radical (unpaired) electrons. The fourth-order valence-electron chi connectivity index (χ4n) is 2.32. The van der Waals surface area contributed by atoms with E-state index in [4.69, 9.17) is 5.26 Å². The molecule has 24 heavy (non-hydrogen) atoms. The molecule has 1 aromatic heterocycles. The van der Waals surface area contributed by atoms with E-state index >= 15 is 0 Å². The smallest absolute Gasteiger partial charge is 0.299 e. The van der Waals surface area contributed by atoms with Gasteiger partial charge in [-0.3, -0.25) is 4.57 Å². The predicted octanol–water partition coefficient (Wildman–Crippen LogP) is 4.74. The molecule has 0 aliphatic carbocycles. The molecule has 3 aromatic rings. The Morgan fingerprint density at radius 2 is 1.62 bits per heavy atom. The van der Waals surface area contributed by atoms with Crippen LogP contribution in [-0.2, 0) is 6.18 Å². The number of aromatic nitrogens is 2. The van der Waals surface area contributed by atoms with Crippen LogP contribution in [0.2, 0.25) is 0 Å². The van der Waals surface area contributed by atoms with Gasteiger partial charge in [0.2, 0.25) is 0 Å². The van der Waals surface area contributed by atoms with Crippen molar-refractivity contribution in [3.63, 3.8) is 0 Å². The van der Waals surface area contributed by atoms with Crippen LogP contribution in [0.15, 0.2) is 54.7 Å². The lowest BCUT2D eigenvalue weighted by atomic mass is 10.1. The molecule has 6 heteroatoms. The molecular formula is C18H12F3N3. The zero-order valence-corrected chi connectivity index (χ0v) is 12.7. The minimum Gasteiger partial charge on any atom is -0.299 e. The summed E-state index contributed by atoms with van der Waals surface area (Å²) >= 11 is 0. The Bertz CT molecular complexity index is 899. The summed E-state index contributed by atoms with van der Waals surface area (Å²) in [4.78, 5) is 3.77. The quantitative estimate of drug-likeness (QED) is 0.682. The molecular weight excluding hydrogens is 315 g/mol. The van der Waals surface area contributed by atoms with Crippen molar-refractivity contribution in [2.45, 2.75) is 13.1 Å². The summed E-state index contributed by atoms with van der Waals surface area (Å²) in [5.41, 5.74) is 1.58. The monoisotopic (exact) mass is 327 g/mol. The van der Waals surface area contributed by atoms with E-state index < -0.39 is 11.9 Å². The zero-order chi connectivity index (χ0) is 17.3. The van der Waals surface area contributed by atoms with Gasteiger partial charge in [0.1, 0.15) is 5.82 Å². The Morgan fingerprint density at radius 3 is 2.17 bits per heavy atom. The maximum Gasteiger partial charge on any atom is 0.434 e. The zero-order valence-electron chi connectivity index (χ0n) is 12.7. The van der Waals surface area contributed by atoms with Gasteiger partial charge >= 0.3 is 6.18 Å². The van der Waals surface area contributed by atoms with E-state index in [0.29, 0.717) is 16.8 Å². The highest BCUT2D eigenvalue weighted by atomic mass is 19.4. The van der Waals surface area contributed by atoms with Gasteiger partial charge in [-0.05, 0) is 31.2 Å². The van der Waals surface area contributed by atoms with Gasteiger partial charge in [0.25, 0.3) is 0 Å². The third kappa shape index (κ3) is 3.01. The van der Waals surface area contributed by atoms with Crippen molar-refractivity contribution in [3.8, 4) is 23.1 Å². The lowest BCUT2D eigenvalue weighted by Gasteiger charge is -2.08. The Labute approximate surface area is 136 Å². The molecule has 0 saturated heterocycles. The molecule has 0 bridgehead atoms. The van der Waals surface area contributed by atoms with E-state index in [-0.39, 0.29) is 5.82 Å². The first-order valence-corrected chi connectivity index (χ1v) is 7.12. The SMILES string of the molecule is Cc1ccc(-c2nc(C(F)(F)F)cn2-c2ccc(C#N)cc2)cc1. The topological polar surface area (TPSA) is 41.6 Å². The van der Waals surface area contributed by atoms with Crippen molar-refractivity contribution in [2.24, 2.45) is 0 Å². The molecule has 0 saturated carbocycles. The van der Waals surface area contributed by atoms with Crippen molar-refractivity contribution in [3.05, 3.63) is 71.5 Å². The molecule has 2 aromatic carbocycles. The molecule has 0 atom stereocenters. The van der Waals surface area contributed by atoms with E-state index in [1.807, 2.05) is 25.1 Å². The van der Waals surface area contributed by atoms with Gasteiger partial charge in [0.15, 0.2) is 5.69 Å². The van der Waals surface area contributed by atoms with Crippen LogP contribution in [0.25, 0.3) is 17.1 Å². The molecule has 3 nitrogen and oxygen atoms in total. The highest BCUT2D eigenvalue weighted by Gasteiger charge is 2.35. The number of rotatable bonds is 2. The van der Waals surface area contributed by atoms with Crippen LogP contribution in [0.5, 0.6) is 0 Å². The van der Waals surface area contributed by atoms with Crippen molar-refractivity contribution < 1.29 is 13.2 Å². The Morgan fingerprint density at radius 1 is 1.00 bits per heavy atom. The normalized spacial score (nSPS) is 11.3. The summed E-state index contributed by atoms with van der Waals surface area (Å²) in [6.45, 7) is 1.90. The summed E-state index contributed by atoms with van der Waals surface area (Å²) in [7, 11) is 0. The number of imidazole rings is 1. The molecule has 0 amide bonds. The van der Waals surface area contributed by atoms with E-state index in [1.165, 1.54) is 4.57 Å². The second-order valence-electron chi connectivity index (χ2n) is 5.34. The number of benzene rings is 2. The number of nitrogens with zero attached hydrogens (tertiary/aromatic N) is 3. The number of aryl methyl sites for hydroxylation is 1. The molecule has 0 aliphatic rings. The Kier molecular flexibility index (Phi) is 3.86. The fourth-order valence-corrected chi connectivity index (χ4v) is 2.32. The Balaban J connectivity index is 2.17. The number of hydrogen-bond acceptors (Lipinski definition) is 2. The average Bonchev–Trinajstić information content (AvgIpc) is 3.01. The first kappa shape index (κ1) is 15.8. The van der Waals surface area contributed by atoms with Gasteiger partial charge in [0.05, 0.1) is 11.6 Å². The highest BCUT2D eigenvalue weighted by molar-refractivity contribution is 5.60. The second kappa shape index (κ2) is 5.85. The largest absolute Gasteiger partial charge is 0.434 e. The van der Waals surface area contributed by atoms with Crippen LogP contribution in [0.3, 0.4) is 0 Å². The summed E-state index contributed by atoms with van der Waals surface area (Å²) in [5, 5.41) is 8.85. The van der Waals surface area contributed by atoms with Gasteiger partial charge in [-0.15, -0.1) is 0 Å². The number of nitriles is 1. The predicted molar refractivity (Wildman–Crippen MR) is 83.5 cm³/mol. The summed E-state index contributed by atoms with van der Waals surface area (Å²) in [5.74, 6) is 0.201. The van der Waals surface area contributed by atoms with Gasteiger partial charge in [-0.1, -0.05) is 29.8 Å². The average molecular weight is 327 g/mol. The number of hydrogen-bond donors (Lipinski definition) is 0. The van der Waals surface area contributed by atoms with Crippen LogP contribution in [0.1, 0.15) is 16.8 Å². The number of alkyl halides is 3. The third-order valence-electron chi connectivity index (χ3n) is 3.58. The third-order valence-corrected chi connectivity index (χ3v) is 3.58. The standard InChI is InChI=1S/C18H12F3N3/c1-12-2-6-14(7-3-12)17-23-16(18(19,20)21)11-24(17)15-8-4-13(10-22)5-9-15/h2-9,11H,1H3. The van der Waals surface area contributed by atoms with E-state index in [0.717, 1.165) is 11.8 Å². The molecule has 0 spiro atoms.